The van der Waals surface area contributed by atoms with E-state index in [4.69, 9.17) is 4.74 Å². The number of nitrogens with one attached hydrogen (secondary N) is 1. The van der Waals surface area contributed by atoms with Crippen LogP contribution in [0.15, 0.2) is 12.4 Å². The van der Waals surface area contributed by atoms with Crippen LogP contribution in [0.2, 0.25) is 0 Å². The van der Waals surface area contributed by atoms with Crippen molar-refractivity contribution in [3.05, 3.63) is 18.0 Å². The van der Waals surface area contributed by atoms with E-state index in [-0.39, 0.29) is 0 Å². The molecule has 2 rings (SSSR count). The van der Waals surface area contributed by atoms with E-state index in [1.807, 2.05) is 19.3 Å². The van der Waals surface area contributed by atoms with Crippen molar-refractivity contribution in [2.45, 2.75) is 25.8 Å². The standard InChI is InChI=1S/C10H15N3O/c1-8-5-11-10(12-6-8)13-9-3-2-4-14-7-9/h5-6,9H,2-4,7H2,1H3,(H,11,12,13). The Morgan fingerprint density at radius 1 is 1.43 bits per heavy atom. The summed E-state index contributed by atoms with van der Waals surface area (Å²) in [7, 11) is 0. The summed E-state index contributed by atoms with van der Waals surface area (Å²) in [5.41, 5.74) is 1.08. The number of aryl methyl sites for hydroxylation is 1. The fourth-order valence-electron chi connectivity index (χ4n) is 1.50. The number of nitrogens with zero attached hydrogens (tertiary/aromatic N) is 2. The Labute approximate surface area is 83.7 Å². The Bertz CT molecular complexity index is 280. The van der Waals surface area contributed by atoms with Gasteiger partial charge in [-0.1, -0.05) is 0 Å². The average molecular weight is 193 g/mol. The first-order chi connectivity index (χ1) is 6.84. The van der Waals surface area contributed by atoms with Crippen LogP contribution < -0.4 is 5.32 Å². The van der Waals surface area contributed by atoms with Gasteiger partial charge in [0, 0.05) is 19.0 Å². The normalized spacial score (nSPS) is 21.9. The van der Waals surface area contributed by atoms with Gasteiger partial charge in [0.15, 0.2) is 0 Å². The lowest BCUT2D eigenvalue weighted by molar-refractivity contribution is 0.0874. The molecule has 76 valence electrons. The molecule has 1 unspecified atom stereocenters. The maximum atomic E-state index is 5.36. The molecule has 0 aromatic carbocycles. The lowest BCUT2D eigenvalue weighted by Gasteiger charge is -2.22. The van der Waals surface area contributed by atoms with Crippen LogP contribution in [0.4, 0.5) is 5.95 Å². The molecule has 0 bridgehead atoms. The van der Waals surface area contributed by atoms with Gasteiger partial charge in [-0.05, 0) is 25.3 Å². The van der Waals surface area contributed by atoms with Crippen LogP contribution in [0.3, 0.4) is 0 Å². The molecule has 0 radical (unpaired) electrons. The van der Waals surface area contributed by atoms with Crippen molar-refractivity contribution in [1.29, 1.82) is 0 Å². The summed E-state index contributed by atoms with van der Waals surface area (Å²) >= 11 is 0. The number of hydrogen-bond acceptors (Lipinski definition) is 4. The number of anilines is 1. The molecule has 1 aromatic heterocycles. The fraction of sp³-hybridized carbons (Fsp3) is 0.600. The average Bonchev–Trinajstić information content (AvgIpc) is 2.23. The topological polar surface area (TPSA) is 47.0 Å². The second-order valence-electron chi connectivity index (χ2n) is 3.64. The molecule has 1 aliphatic heterocycles. The monoisotopic (exact) mass is 193 g/mol. The van der Waals surface area contributed by atoms with Gasteiger partial charge >= 0.3 is 0 Å². The van der Waals surface area contributed by atoms with Gasteiger partial charge in [-0.25, -0.2) is 9.97 Å². The van der Waals surface area contributed by atoms with Crippen molar-refractivity contribution < 1.29 is 4.74 Å². The molecule has 1 saturated heterocycles. The third-order valence-electron chi connectivity index (χ3n) is 2.27. The van der Waals surface area contributed by atoms with Gasteiger partial charge in [-0.2, -0.15) is 0 Å². The molecule has 1 fully saturated rings. The van der Waals surface area contributed by atoms with E-state index in [9.17, 15) is 0 Å². The maximum Gasteiger partial charge on any atom is 0.222 e. The quantitative estimate of drug-likeness (QED) is 0.770. The van der Waals surface area contributed by atoms with Crippen molar-refractivity contribution in [1.82, 2.24) is 9.97 Å². The van der Waals surface area contributed by atoms with Gasteiger partial charge in [-0.3, -0.25) is 0 Å². The molecule has 1 N–H and O–H groups in total. The third-order valence-corrected chi connectivity index (χ3v) is 2.27. The summed E-state index contributed by atoms with van der Waals surface area (Å²) in [6.07, 6.45) is 5.89. The molecular formula is C10H15N3O. The number of aromatic nitrogens is 2. The van der Waals surface area contributed by atoms with E-state index in [1.165, 1.54) is 0 Å². The highest BCUT2D eigenvalue weighted by molar-refractivity contribution is 5.26. The van der Waals surface area contributed by atoms with Gasteiger partial charge < -0.3 is 10.1 Å². The summed E-state index contributed by atoms with van der Waals surface area (Å²) in [4.78, 5) is 8.39. The Morgan fingerprint density at radius 2 is 2.21 bits per heavy atom. The summed E-state index contributed by atoms with van der Waals surface area (Å²) < 4.78 is 5.36. The first-order valence-corrected chi connectivity index (χ1v) is 4.97. The molecule has 0 aliphatic carbocycles. The summed E-state index contributed by atoms with van der Waals surface area (Å²) in [5.74, 6) is 0.700. The maximum absolute atomic E-state index is 5.36. The Hall–Kier alpha value is -1.16. The predicted octanol–water partition coefficient (Wildman–Crippen LogP) is 1.38. The molecule has 1 atom stereocenters. The summed E-state index contributed by atoms with van der Waals surface area (Å²) in [6, 6.07) is 0.367. The minimum atomic E-state index is 0.367. The van der Waals surface area contributed by atoms with Crippen molar-refractivity contribution in [2.24, 2.45) is 0 Å². The van der Waals surface area contributed by atoms with E-state index in [1.54, 1.807) is 0 Å². The smallest absolute Gasteiger partial charge is 0.222 e. The molecule has 0 spiro atoms. The van der Waals surface area contributed by atoms with E-state index < -0.39 is 0 Å². The number of ether oxygens (including phenoxy) is 1. The second-order valence-corrected chi connectivity index (χ2v) is 3.64. The Kier molecular flexibility index (Phi) is 2.93. The van der Waals surface area contributed by atoms with Gasteiger partial charge in [-0.15, -0.1) is 0 Å². The zero-order valence-corrected chi connectivity index (χ0v) is 8.36. The molecule has 0 amide bonds. The molecule has 2 heterocycles. The van der Waals surface area contributed by atoms with E-state index >= 15 is 0 Å². The molecular weight excluding hydrogens is 178 g/mol. The molecule has 0 saturated carbocycles. The van der Waals surface area contributed by atoms with Crippen LogP contribution in [-0.2, 0) is 4.74 Å². The molecule has 1 aromatic rings. The van der Waals surface area contributed by atoms with Gasteiger partial charge in [0.25, 0.3) is 0 Å². The minimum Gasteiger partial charge on any atom is -0.379 e. The van der Waals surface area contributed by atoms with Crippen molar-refractivity contribution >= 4 is 5.95 Å². The van der Waals surface area contributed by atoms with E-state index in [0.717, 1.165) is 31.6 Å². The zero-order chi connectivity index (χ0) is 9.80. The van der Waals surface area contributed by atoms with Crippen LogP contribution in [0, 0.1) is 6.92 Å². The van der Waals surface area contributed by atoms with Crippen LogP contribution in [-0.4, -0.2) is 29.2 Å². The minimum absolute atomic E-state index is 0.367. The lowest BCUT2D eigenvalue weighted by Crippen LogP contribution is -2.30. The highest BCUT2D eigenvalue weighted by Gasteiger charge is 2.13. The van der Waals surface area contributed by atoms with Gasteiger partial charge in [0.2, 0.25) is 5.95 Å². The Balaban J connectivity index is 1.92. The van der Waals surface area contributed by atoms with Gasteiger partial charge in [0.05, 0.1) is 12.6 Å². The van der Waals surface area contributed by atoms with Crippen LogP contribution in [0.25, 0.3) is 0 Å². The third kappa shape index (κ3) is 2.42. The first kappa shape index (κ1) is 9.40. The molecule has 1 aliphatic rings. The van der Waals surface area contributed by atoms with E-state index in [0.29, 0.717) is 12.0 Å². The molecule has 14 heavy (non-hydrogen) atoms. The number of rotatable bonds is 2. The largest absolute Gasteiger partial charge is 0.379 e. The second kappa shape index (κ2) is 4.37. The lowest BCUT2D eigenvalue weighted by atomic mass is 10.1. The fourth-order valence-corrected chi connectivity index (χ4v) is 1.50. The highest BCUT2D eigenvalue weighted by Crippen LogP contribution is 2.10. The SMILES string of the molecule is Cc1cnc(NC2CCCOC2)nc1. The number of hydrogen-bond donors (Lipinski definition) is 1. The van der Waals surface area contributed by atoms with Crippen molar-refractivity contribution in [3.63, 3.8) is 0 Å². The van der Waals surface area contributed by atoms with E-state index in [2.05, 4.69) is 15.3 Å². The first-order valence-electron chi connectivity index (χ1n) is 4.97. The molecule has 4 nitrogen and oxygen atoms in total. The molecule has 4 heteroatoms. The highest BCUT2D eigenvalue weighted by atomic mass is 16.5. The van der Waals surface area contributed by atoms with Crippen LogP contribution >= 0.6 is 0 Å². The van der Waals surface area contributed by atoms with Crippen LogP contribution in [0.1, 0.15) is 18.4 Å². The van der Waals surface area contributed by atoms with Crippen LogP contribution in [0.5, 0.6) is 0 Å². The Morgan fingerprint density at radius 3 is 2.86 bits per heavy atom. The summed E-state index contributed by atoms with van der Waals surface area (Å²) in [5, 5.41) is 3.26. The zero-order valence-electron chi connectivity index (χ0n) is 8.36. The predicted molar refractivity (Wildman–Crippen MR) is 54.2 cm³/mol. The van der Waals surface area contributed by atoms with Crippen molar-refractivity contribution in [2.75, 3.05) is 18.5 Å². The van der Waals surface area contributed by atoms with Gasteiger partial charge in [0.1, 0.15) is 0 Å². The summed E-state index contributed by atoms with van der Waals surface area (Å²) in [6.45, 7) is 3.62. The van der Waals surface area contributed by atoms with Crippen molar-refractivity contribution in [3.8, 4) is 0 Å².